The van der Waals surface area contributed by atoms with Crippen LogP contribution in [0.2, 0.25) is 0 Å². The molecular weight excluding hydrogens is 278 g/mol. The van der Waals surface area contributed by atoms with Crippen molar-refractivity contribution in [2.45, 2.75) is 26.7 Å². The summed E-state index contributed by atoms with van der Waals surface area (Å²) < 4.78 is 0. The molecule has 3 aromatic rings. The third-order valence-corrected chi connectivity index (χ3v) is 4.30. The molecular formula is C17H19N3S. The number of aryl methyl sites for hydroxylation is 1. The highest BCUT2D eigenvalue weighted by molar-refractivity contribution is 7.17. The Morgan fingerprint density at radius 1 is 1.10 bits per heavy atom. The number of hydrogen-bond donors (Lipinski definition) is 1. The summed E-state index contributed by atoms with van der Waals surface area (Å²) in [5, 5.41) is 6.80. The lowest BCUT2D eigenvalue weighted by molar-refractivity contribution is 0.935. The molecule has 0 saturated carbocycles. The molecule has 0 spiro atoms. The van der Waals surface area contributed by atoms with Crippen molar-refractivity contribution in [2.24, 2.45) is 0 Å². The fraction of sp³-hybridized carbons (Fsp3) is 0.294. The highest BCUT2D eigenvalue weighted by atomic mass is 32.1. The van der Waals surface area contributed by atoms with E-state index in [-0.39, 0.29) is 0 Å². The van der Waals surface area contributed by atoms with Crippen LogP contribution in [0.4, 0.5) is 5.82 Å². The van der Waals surface area contributed by atoms with Gasteiger partial charge in [0.05, 0.1) is 5.39 Å². The van der Waals surface area contributed by atoms with Gasteiger partial charge in [-0.15, -0.1) is 11.3 Å². The number of nitrogens with one attached hydrogen (secondary N) is 1. The molecule has 0 aliphatic heterocycles. The molecule has 0 aliphatic rings. The number of aromatic nitrogens is 2. The second-order valence-electron chi connectivity index (χ2n) is 4.96. The van der Waals surface area contributed by atoms with Crippen LogP contribution in [0.5, 0.6) is 0 Å². The van der Waals surface area contributed by atoms with Gasteiger partial charge in [0, 0.05) is 23.9 Å². The monoisotopic (exact) mass is 297 g/mol. The Hall–Kier alpha value is -1.94. The molecule has 0 radical (unpaired) electrons. The molecule has 0 fully saturated rings. The highest BCUT2D eigenvalue weighted by Crippen LogP contribution is 2.36. The van der Waals surface area contributed by atoms with Gasteiger partial charge in [-0.05, 0) is 12.0 Å². The Morgan fingerprint density at radius 2 is 1.90 bits per heavy atom. The van der Waals surface area contributed by atoms with Gasteiger partial charge in [0.2, 0.25) is 0 Å². The first-order valence-electron chi connectivity index (χ1n) is 7.40. The number of benzene rings is 1. The van der Waals surface area contributed by atoms with Crippen molar-refractivity contribution in [3.8, 4) is 11.1 Å². The minimum atomic E-state index is 0.856. The number of nitrogens with zero attached hydrogens (tertiary/aromatic N) is 2. The van der Waals surface area contributed by atoms with Crippen LogP contribution in [0.15, 0.2) is 35.7 Å². The first-order chi connectivity index (χ1) is 10.3. The van der Waals surface area contributed by atoms with Crippen LogP contribution in [-0.4, -0.2) is 16.5 Å². The molecule has 1 aromatic carbocycles. The topological polar surface area (TPSA) is 37.8 Å². The van der Waals surface area contributed by atoms with E-state index in [0.29, 0.717) is 0 Å². The van der Waals surface area contributed by atoms with Crippen molar-refractivity contribution in [2.75, 3.05) is 11.9 Å². The van der Waals surface area contributed by atoms with E-state index in [1.54, 1.807) is 11.3 Å². The molecule has 0 bridgehead atoms. The van der Waals surface area contributed by atoms with Crippen LogP contribution >= 0.6 is 11.3 Å². The number of anilines is 1. The van der Waals surface area contributed by atoms with Crippen LogP contribution in [0.3, 0.4) is 0 Å². The van der Waals surface area contributed by atoms with Gasteiger partial charge >= 0.3 is 0 Å². The molecule has 0 saturated heterocycles. The number of fused-ring (bicyclic) bond motifs is 1. The standard InChI is InChI=1S/C17H19N3S/c1-3-10-18-16-15-13(12-8-6-5-7-9-12)11-21-17(15)20-14(4-2)19-16/h5-9,11H,3-4,10H2,1-2H3,(H,18,19,20). The Morgan fingerprint density at radius 3 is 2.62 bits per heavy atom. The van der Waals surface area contributed by atoms with Gasteiger partial charge in [-0.2, -0.15) is 0 Å². The third kappa shape index (κ3) is 2.76. The van der Waals surface area contributed by atoms with Gasteiger partial charge in [-0.3, -0.25) is 0 Å². The van der Waals surface area contributed by atoms with E-state index in [1.165, 1.54) is 11.1 Å². The zero-order chi connectivity index (χ0) is 14.7. The van der Waals surface area contributed by atoms with Gasteiger partial charge in [-0.1, -0.05) is 44.2 Å². The van der Waals surface area contributed by atoms with E-state index in [9.17, 15) is 0 Å². The molecule has 108 valence electrons. The maximum atomic E-state index is 4.70. The van der Waals surface area contributed by atoms with E-state index in [4.69, 9.17) is 4.98 Å². The lowest BCUT2D eigenvalue weighted by atomic mass is 10.1. The molecule has 3 rings (SSSR count). The maximum Gasteiger partial charge on any atom is 0.139 e. The summed E-state index contributed by atoms with van der Waals surface area (Å²) >= 11 is 1.69. The molecule has 21 heavy (non-hydrogen) atoms. The van der Waals surface area contributed by atoms with Crippen LogP contribution in [0.1, 0.15) is 26.1 Å². The lowest BCUT2D eigenvalue weighted by Crippen LogP contribution is -2.05. The van der Waals surface area contributed by atoms with Crippen molar-refractivity contribution >= 4 is 27.4 Å². The Kier molecular flexibility index (Phi) is 4.15. The maximum absolute atomic E-state index is 4.70. The molecule has 2 aromatic heterocycles. The minimum absolute atomic E-state index is 0.856. The van der Waals surface area contributed by atoms with Gasteiger partial charge < -0.3 is 5.32 Å². The van der Waals surface area contributed by atoms with E-state index in [0.717, 1.165) is 41.2 Å². The zero-order valence-electron chi connectivity index (χ0n) is 12.4. The van der Waals surface area contributed by atoms with E-state index in [1.807, 2.05) is 6.07 Å². The normalized spacial score (nSPS) is 11.0. The third-order valence-electron chi connectivity index (χ3n) is 3.42. The van der Waals surface area contributed by atoms with Gasteiger partial charge in [0.15, 0.2) is 0 Å². The largest absolute Gasteiger partial charge is 0.369 e. The fourth-order valence-electron chi connectivity index (χ4n) is 2.35. The van der Waals surface area contributed by atoms with Crippen LogP contribution in [0.25, 0.3) is 21.3 Å². The van der Waals surface area contributed by atoms with Crippen LogP contribution in [0, 0.1) is 0 Å². The fourth-order valence-corrected chi connectivity index (χ4v) is 3.31. The predicted octanol–water partition coefficient (Wildman–Crippen LogP) is 4.74. The smallest absolute Gasteiger partial charge is 0.139 e. The van der Waals surface area contributed by atoms with E-state index in [2.05, 4.69) is 53.8 Å². The Bertz CT molecular complexity index is 734. The van der Waals surface area contributed by atoms with Crippen molar-refractivity contribution < 1.29 is 0 Å². The van der Waals surface area contributed by atoms with Crippen molar-refractivity contribution in [1.82, 2.24) is 9.97 Å². The first kappa shape index (κ1) is 14.0. The average Bonchev–Trinajstić information content (AvgIpc) is 2.97. The molecule has 0 atom stereocenters. The Labute approximate surface area is 129 Å². The molecule has 2 heterocycles. The van der Waals surface area contributed by atoms with Crippen LogP contribution < -0.4 is 5.32 Å². The van der Waals surface area contributed by atoms with Crippen LogP contribution in [-0.2, 0) is 6.42 Å². The average molecular weight is 297 g/mol. The number of hydrogen-bond acceptors (Lipinski definition) is 4. The molecule has 0 aliphatic carbocycles. The lowest BCUT2D eigenvalue weighted by Gasteiger charge is -2.09. The van der Waals surface area contributed by atoms with Gasteiger partial charge in [0.1, 0.15) is 16.5 Å². The molecule has 3 nitrogen and oxygen atoms in total. The Balaban J connectivity index is 2.18. The molecule has 1 N–H and O–H groups in total. The van der Waals surface area contributed by atoms with Gasteiger partial charge in [-0.25, -0.2) is 9.97 Å². The summed E-state index contributed by atoms with van der Waals surface area (Å²) in [5.41, 5.74) is 2.44. The summed E-state index contributed by atoms with van der Waals surface area (Å²) in [6.45, 7) is 5.19. The summed E-state index contributed by atoms with van der Waals surface area (Å²) in [6.07, 6.45) is 1.94. The summed E-state index contributed by atoms with van der Waals surface area (Å²) in [5.74, 6) is 1.88. The summed E-state index contributed by atoms with van der Waals surface area (Å²) in [6, 6.07) is 10.5. The van der Waals surface area contributed by atoms with E-state index < -0.39 is 0 Å². The number of rotatable bonds is 5. The number of thiophene rings is 1. The minimum Gasteiger partial charge on any atom is -0.369 e. The second-order valence-corrected chi connectivity index (χ2v) is 5.82. The summed E-state index contributed by atoms with van der Waals surface area (Å²) in [7, 11) is 0. The van der Waals surface area contributed by atoms with E-state index >= 15 is 0 Å². The zero-order valence-corrected chi connectivity index (χ0v) is 13.2. The predicted molar refractivity (Wildman–Crippen MR) is 91.0 cm³/mol. The summed E-state index contributed by atoms with van der Waals surface area (Å²) in [4.78, 5) is 10.4. The quantitative estimate of drug-likeness (QED) is 0.739. The van der Waals surface area contributed by atoms with Crippen molar-refractivity contribution in [1.29, 1.82) is 0 Å². The second kappa shape index (κ2) is 6.22. The van der Waals surface area contributed by atoms with Crippen molar-refractivity contribution in [3.63, 3.8) is 0 Å². The molecule has 0 amide bonds. The van der Waals surface area contributed by atoms with Crippen molar-refractivity contribution in [3.05, 3.63) is 41.5 Å². The molecule has 0 unspecified atom stereocenters. The molecule has 4 heteroatoms. The highest BCUT2D eigenvalue weighted by Gasteiger charge is 2.14. The van der Waals surface area contributed by atoms with Gasteiger partial charge in [0.25, 0.3) is 0 Å². The SMILES string of the molecule is CCCNc1nc(CC)nc2scc(-c3ccccc3)c12. The first-order valence-corrected chi connectivity index (χ1v) is 8.28.